The SMILES string of the molecule is COc1ncc(NC=C2C(=O)OC(C)(C)OC2=O)cc1Br. The Morgan fingerprint density at radius 2 is 1.95 bits per heavy atom. The standard InChI is InChI=1S/C13H13BrN2O5/c1-13(2)20-11(17)8(12(18)21-13)6-15-7-4-9(14)10(19-3)16-5-7/h4-6,15H,1-3H3. The molecule has 1 aromatic rings. The Kier molecular flexibility index (Phi) is 4.17. The summed E-state index contributed by atoms with van der Waals surface area (Å²) in [5.74, 6) is -2.32. The fourth-order valence-electron chi connectivity index (χ4n) is 1.59. The number of halogens is 1. The highest BCUT2D eigenvalue weighted by molar-refractivity contribution is 9.10. The van der Waals surface area contributed by atoms with Crippen LogP contribution in [-0.4, -0.2) is 29.8 Å². The van der Waals surface area contributed by atoms with Crippen LogP contribution in [0.25, 0.3) is 0 Å². The highest BCUT2D eigenvalue weighted by Gasteiger charge is 2.38. The first-order chi connectivity index (χ1) is 9.82. The third-order valence-electron chi connectivity index (χ3n) is 2.50. The first-order valence-electron chi connectivity index (χ1n) is 5.95. The smallest absolute Gasteiger partial charge is 0.350 e. The van der Waals surface area contributed by atoms with E-state index in [-0.39, 0.29) is 5.57 Å². The van der Waals surface area contributed by atoms with Crippen molar-refractivity contribution in [3.63, 3.8) is 0 Å². The van der Waals surface area contributed by atoms with Crippen LogP contribution in [-0.2, 0) is 19.1 Å². The van der Waals surface area contributed by atoms with E-state index in [1.54, 1.807) is 6.07 Å². The van der Waals surface area contributed by atoms with Crippen LogP contribution >= 0.6 is 15.9 Å². The van der Waals surface area contributed by atoms with Gasteiger partial charge in [0.25, 0.3) is 5.79 Å². The Labute approximate surface area is 129 Å². The van der Waals surface area contributed by atoms with Gasteiger partial charge in [0.05, 0.1) is 23.5 Å². The Morgan fingerprint density at radius 1 is 1.33 bits per heavy atom. The summed E-state index contributed by atoms with van der Waals surface area (Å²) in [6.07, 6.45) is 2.71. The molecule has 1 aromatic heterocycles. The largest absolute Gasteiger partial charge is 0.480 e. The number of cyclic esters (lactones) is 2. The van der Waals surface area contributed by atoms with Gasteiger partial charge < -0.3 is 19.5 Å². The van der Waals surface area contributed by atoms with Gasteiger partial charge in [-0.3, -0.25) is 0 Å². The van der Waals surface area contributed by atoms with E-state index >= 15 is 0 Å². The molecule has 0 aliphatic carbocycles. The first kappa shape index (κ1) is 15.3. The van der Waals surface area contributed by atoms with Crippen LogP contribution in [0.2, 0.25) is 0 Å². The molecule has 2 rings (SSSR count). The fourth-order valence-corrected chi connectivity index (χ4v) is 2.10. The molecule has 0 bridgehead atoms. The molecule has 8 heteroatoms. The number of esters is 2. The molecule has 1 N–H and O–H groups in total. The molecule has 0 radical (unpaired) electrons. The van der Waals surface area contributed by atoms with E-state index in [0.717, 1.165) is 0 Å². The number of hydrogen-bond acceptors (Lipinski definition) is 7. The second-order valence-corrected chi connectivity index (χ2v) is 5.45. The molecule has 1 aliphatic rings. The number of aromatic nitrogens is 1. The lowest BCUT2D eigenvalue weighted by Gasteiger charge is -2.29. The van der Waals surface area contributed by atoms with Gasteiger partial charge in [-0.05, 0) is 22.0 Å². The maximum absolute atomic E-state index is 11.7. The summed E-state index contributed by atoms with van der Waals surface area (Å²) in [4.78, 5) is 27.5. The van der Waals surface area contributed by atoms with E-state index in [2.05, 4.69) is 26.2 Å². The minimum atomic E-state index is -1.25. The van der Waals surface area contributed by atoms with Crippen LogP contribution in [0, 0.1) is 0 Å². The van der Waals surface area contributed by atoms with E-state index in [1.807, 2.05) is 0 Å². The Balaban J connectivity index is 2.16. The average molecular weight is 357 g/mol. The van der Waals surface area contributed by atoms with Crippen molar-refractivity contribution in [2.45, 2.75) is 19.6 Å². The summed E-state index contributed by atoms with van der Waals surface area (Å²) in [5.41, 5.74) is 0.335. The molecule has 0 saturated carbocycles. The second-order valence-electron chi connectivity index (χ2n) is 4.60. The van der Waals surface area contributed by atoms with Crippen molar-refractivity contribution >= 4 is 33.6 Å². The molecule has 1 aliphatic heterocycles. The third kappa shape index (κ3) is 3.52. The zero-order valence-corrected chi connectivity index (χ0v) is 13.2. The third-order valence-corrected chi connectivity index (χ3v) is 3.07. The van der Waals surface area contributed by atoms with Gasteiger partial charge in [0.1, 0.15) is 0 Å². The number of rotatable bonds is 3. The number of nitrogens with zero attached hydrogens (tertiary/aromatic N) is 1. The zero-order chi connectivity index (χ0) is 15.6. The predicted molar refractivity (Wildman–Crippen MR) is 76.5 cm³/mol. The van der Waals surface area contributed by atoms with Crippen LogP contribution in [0.15, 0.2) is 28.5 Å². The molecule has 0 atom stereocenters. The maximum atomic E-state index is 11.7. The van der Waals surface area contributed by atoms with Gasteiger partial charge in [-0.25, -0.2) is 14.6 Å². The van der Waals surface area contributed by atoms with E-state index in [1.165, 1.54) is 33.4 Å². The van der Waals surface area contributed by atoms with E-state index in [9.17, 15) is 9.59 Å². The van der Waals surface area contributed by atoms with Crippen LogP contribution in [0.1, 0.15) is 13.8 Å². The number of carbonyl (C=O) groups excluding carboxylic acids is 2. The van der Waals surface area contributed by atoms with Crippen LogP contribution in [0.5, 0.6) is 5.88 Å². The number of methoxy groups -OCH3 is 1. The molecular weight excluding hydrogens is 344 g/mol. The molecule has 21 heavy (non-hydrogen) atoms. The van der Waals surface area contributed by atoms with Gasteiger partial charge in [0, 0.05) is 20.0 Å². The van der Waals surface area contributed by atoms with Crippen molar-refractivity contribution in [1.82, 2.24) is 4.98 Å². The van der Waals surface area contributed by atoms with Crippen molar-refractivity contribution < 1.29 is 23.8 Å². The number of carbonyl (C=O) groups is 2. The van der Waals surface area contributed by atoms with Crippen molar-refractivity contribution in [2.75, 3.05) is 12.4 Å². The molecule has 0 unspecified atom stereocenters. The normalized spacial score (nSPS) is 16.9. The maximum Gasteiger partial charge on any atom is 0.350 e. The van der Waals surface area contributed by atoms with Gasteiger partial charge in [0.15, 0.2) is 5.57 Å². The molecule has 7 nitrogen and oxygen atoms in total. The lowest BCUT2D eigenvalue weighted by molar-refractivity contribution is -0.222. The molecule has 0 amide bonds. The molecule has 0 spiro atoms. The van der Waals surface area contributed by atoms with Crippen LogP contribution in [0.4, 0.5) is 5.69 Å². The van der Waals surface area contributed by atoms with Crippen molar-refractivity contribution in [1.29, 1.82) is 0 Å². The molecule has 2 heterocycles. The van der Waals surface area contributed by atoms with Gasteiger partial charge >= 0.3 is 11.9 Å². The summed E-state index contributed by atoms with van der Waals surface area (Å²) in [5, 5.41) is 2.78. The van der Waals surface area contributed by atoms with Crippen LogP contribution < -0.4 is 10.1 Å². The highest BCUT2D eigenvalue weighted by atomic mass is 79.9. The number of pyridine rings is 1. The lowest BCUT2D eigenvalue weighted by atomic mass is 10.2. The predicted octanol–water partition coefficient (Wildman–Crippen LogP) is 1.98. The molecular formula is C13H13BrN2O5. The number of hydrogen-bond donors (Lipinski definition) is 1. The van der Waals surface area contributed by atoms with Gasteiger partial charge in [-0.2, -0.15) is 0 Å². The fraction of sp³-hybridized carbons (Fsp3) is 0.308. The van der Waals surface area contributed by atoms with E-state index in [0.29, 0.717) is 16.0 Å². The Hall–Kier alpha value is -2.09. The average Bonchev–Trinajstić information content (AvgIpc) is 2.36. The quantitative estimate of drug-likeness (QED) is 0.503. The summed E-state index contributed by atoms with van der Waals surface area (Å²) < 4.78 is 15.6. The zero-order valence-electron chi connectivity index (χ0n) is 11.6. The molecule has 0 aromatic carbocycles. The van der Waals surface area contributed by atoms with Gasteiger partial charge in [-0.1, -0.05) is 0 Å². The summed E-state index contributed by atoms with van der Waals surface area (Å²) in [6.45, 7) is 2.97. The Morgan fingerprint density at radius 3 is 2.48 bits per heavy atom. The van der Waals surface area contributed by atoms with Crippen molar-refractivity contribution in [3.05, 3.63) is 28.5 Å². The molecule has 1 fully saturated rings. The summed E-state index contributed by atoms with van der Waals surface area (Å²) in [6, 6.07) is 1.69. The van der Waals surface area contributed by atoms with Gasteiger partial charge in [-0.15, -0.1) is 0 Å². The number of nitrogens with one attached hydrogen (secondary N) is 1. The Bertz CT molecular complexity index is 605. The van der Waals surface area contributed by atoms with E-state index < -0.39 is 17.7 Å². The number of ether oxygens (including phenoxy) is 3. The number of anilines is 1. The molecule has 1 saturated heterocycles. The monoisotopic (exact) mass is 356 g/mol. The summed E-state index contributed by atoms with van der Waals surface area (Å²) in [7, 11) is 1.50. The topological polar surface area (TPSA) is 86.8 Å². The first-order valence-corrected chi connectivity index (χ1v) is 6.74. The lowest BCUT2D eigenvalue weighted by Crippen LogP contribution is -2.42. The van der Waals surface area contributed by atoms with Crippen molar-refractivity contribution in [2.24, 2.45) is 0 Å². The van der Waals surface area contributed by atoms with Gasteiger partial charge in [0.2, 0.25) is 5.88 Å². The molecule has 112 valence electrons. The minimum Gasteiger partial charge on any atom is -0.480 e. The second kappa shape index (κ2) is 5.72. The van der Waals surface area contributed by atoms with Crippen molar-refractivity contribution in [3.8, 4) is 5.88 Å². The highest BCUT2D eigenvalue weighted by Crippen LogP contribution is 2.26. The van der Waals surface area contributed by atoms with Crippen LogP contribution in [0.3, 0.4) is 0 Å². The summed E-state index contributed by atoms with van der Waals surface area (Å²) >= 11 is 3.28. The van der Waals surface area contributed by atoms with E-state index in [4.69, 9.17) is 14.2 Å². The minimum absolute atomic E-state index is 0.221.